The minimum Gasteiger partial charge on any atom is -0.326 e. The maximum absolute atomic E-state index is 12.5. The van der Waals surface area contributed by atoms with Crippen molar-refractivity contribution in [3.63, 3.8) is 0 Å². The second kappa shape index (κ2) is 12.0. The molecule has 186 valence electrons. The molecule has 4 nitrogen and oxygen atoms in total. The summed E-state index contributed by atoms with van der Waals surface area (Å²) < 4.78 is 0. The van der Waals surface area contributed by atoms with E-state index in [1.54, 1.807) is 0 Å². The van der Waals surface area contributed by atoms with Crippen LogP contribution in [0.2, 0.25) is 0 Å². The molecule has 2 heterocycles. The first kappa shape index (κ1) is 25.6. The molecule has 0 fully saturated rings. The lowest BCUT2D eigenvalue weighted by Gasteiger charge is -2.22. The molecule has 1 aliphatic rings. The number of aromatic nitrogens is 1. The number of nitrogens with zero attached hydrogens (tertiary/aromatic N) is 2. The number of benzene rings is 2. The third-order valence-corrected chi connectivity index (χ3v) is 7.11. The number of pyridine rings is 1. The monoisotopic (exact) mass is 479 g/mol. The molecule has 1 N–H and O–H groups in total. The van der Waals surface area contributed by atoms with Crippen molar-refractivity contribution in [3.05, 3.63) is 112 Å². The van der Waals surface area contributed by atoms with Crippen molar-refractivity contribution in [1.82, 2.24) is 9.88 Å². The molecular weight excluding hydrogens is 442 g/mol. The van der Waals surface area contributed by atoms with E-state index < -0.39 is 0 Å². The molecular formula is C32H37N3O. The summed E-state index contributed by atoms with van der Waals surface area (Å²) in [6, 6.07) is 18.3. The van der Waals surface area contributed by atoms with Gasteiger partial charge in [-0.3, -0.25) is 9.78 Å². The molecule has 4 heteroatoms. The summed E-state index contributed by atoms with van der Waals surface area (Å²) >= 11 is 0. The normalized spacial score (nSPS) is 15.1. The molecule has 2 aromatic carbocycles. The van der Waals surface area contributed by atoms with Gasteiger partial charge >= 0.3 is 0 Å². The van der Waals surface area contributed by atoms with Gasteiger partial charge in [0, 0.05) is 30.9 Å². The van der Waals surface area contributed by atoms with Gasteiger partial charge in [-0.15, -0.1) is 0 Å². The van der Waals surface area contributed by atoms with Crippen molar-refractivity contribution in [3.8, 4) is 0 Å². The quantitative estimate of drug-likeness (QED) is 0.391. The van der Waals surface area contributed by atoms with Gasteiger partial charge in [0.1, 0.15) is 0 Å². The molecule has 0 saturated heterocycles. The summed E-state index contributed by atoms with van der Waals surface area (Å²) in [6.45, 7) is 8.66. The van der Waals surface area contributed by atoms with Gasteiger partial charge in [0.25, 0.3) is 0 Å². The first-order chi connectivity index (χ1) is 17.4. The predicted molar refractivity (Wildman–Crippen MR) is 150 cm³/mol. The molecule has 0 bridgehead atoms. The Morgan fingerprint density at radius 1 is 1.08 bits per heavy atom. The van der Waals surface area contributed by atoms with E-state index in [1.165, 1.54) is 27.8 Å². The highest BCUT2D eigenvalue weighted by Crippen LogP contribution is 2.34. The number of carbonyl (C=O) groups excluding carboxylic acids is 1. The molecule has 0 aliphatic carbocycles. The van der Waals surface area contributed by atoms with E-state index in [0.29, 0.717) is 6.42 Å². The minimum absolute atomic E-state index is 0.00141. The fourth-order valence-electron chi connectivity index (χ4n) is 4.98. The molecule has 1 aromatic heterocycles. The Bertz CT molecular complexity index is 1260. The summed E-state index contributed by atoms with van der Waals surface area (Å²) in [7, 11) is 2.16. The van der Waals surface area contributed by atoms with Gasteiger partial charge in [-0.05, 0) is 91.4 Å². The summed E-state index contributed by atoms with van der Waals surface area (Å²) in [5.41, 5.74) is 9.29. The first-order valence-electron chi connectivity index (χ1n) is 12.9. The van der Waals surface area contributed by atoms with Crippen molar-refractivity contribution in [2.45, 2.75) is 46.0 Å². The fraction of sp³-hybridized carbons (Fsp3) is 0.312. The van der Waals surface area contributed by atoms with Crippen LogP contribution in [0.25, 0.3) is 6.08 Å². The Kier molecular flexibility index (Phi) is 8.50. The maximum Gasteiger partial charge on any atom is 0.228 e. The van der Waals surface area contributed by atoms with Gasteiger partial charge in [0.2, 0.25) is 5.91 Å². The number of anilines is 1. The van der Waals surface area contributed by atoms with Crippen LogP contribution in [0.4, 0.5) is 5.69 Å². The smallest absolute Gasteiger partial charge is 0.228 e. The largest absolute Gasteiger partial charge is 0.326 e. The molecule has 0 spiro atoms. The number of aryl methyl sites for hydroxylation is 1. The van der Waals surface area contributed by atoms with Crippen LogP contribution in [0.3, 0.4) is 0 Å². The van der Waals surface area contributed by atoms with Crippen molar-refractivity contribution in [2.24, 2.45) is 0 Å². The molecule has 0 radical (unpaired) electrons. The Morgan fingerprint density at radius 3 is 2.58 bits per heavy atom. The second-order valence-corrected chi connectivity index (χ2v) is 9.78. The highest BCUT2D eigenvalue weighted by Gasteiger charge is 2.18. The third-order valence-electron chi connectivity index (χ3n) is 7.11. The van der Waals surface area contributed by atoms with Crippen LogP contribution in [0, 0.1) is 13.8 Å². The van der Waals surface area contributed by atoms with Crippen LogP contribution in [-0.2, 0) is 11.2 Å². The van der Waals surface area contributed by atoms with Crippen LogP contribution in [-0.4, -0.2) is 35.9 Å². The zero-order chi connectivity index (χ0) is 25.5. The molecule has 1 amide bonds. The fourth-order valence-corrected chi connectivity index (χ4v) is 4.98. The van der Waals surface area contributed by atoms with Crippen molar-refractivity contribution in [2.75, 3.05) is 25.5 Å². The van der Waals surface area contributed by atoms with E-state index in [2.05, 4.69) is 79.4 Å². The van der Waals surface area contributed by atoms with Crippen molar-refractivity contribution in [1.29, 1.82) is 0 Å². The SMILES string of the molecule is CCC(c1ccc(NC(=O)Cc2ccccc2)cc1C)c1ccnc(/C=C/C2=CCN(C)CC2)c1C. The van der Waals surface area contributed by atoms with Crippen LogP contribution in [0.15, 0.2) is 78.5 Å². The van der Waals surface area contributed by atoms with Crippen LogP contribution in [0.1, 0.15) is 59.2 Å². The maximum atomic E-state index is 12.5. The van der Waals surface area contributed by atoms with Gasteiger partial charge < -0.3 is 10.2 Å². The molecule has 1 aliphatic heterocycles. The van der Waals surface area contributed by atoms with E-state index in [1.807, 2.05) is 42.6 Å². The highest BCUT2D eigenvalue weighted by atomic mass is 16.1. The van der Waals surface area contributed by atoms with Gasteiger partial charge in [-0.1, -0.05) is 55.5 Å². The zero-order valence-corrected chi connectivity index (χ0v) is 21.9. The molecule has 4 rings (SSSR count). The van der Waals surface area contributed by atoms with Gasteiger partial charge in [-0.25, -0.2) is 0 Å². The average molecular weight is 480 g/mol. The number of hydrogen-bond acceptors (Lipinski definition) is 3. The number of allylic oxidation sites excluding steroid dienone is 1. The van der Waals surface area contributed by atoms with Gasteiger partial charge in [0.05, 0.1) is 12.1 Å². The predicted octanol–water partition coefficient (Wildman–Crippen LogP) is 6.70. The Balaban J connectivity index is 1.51. The van der Waals surface area contributed by atoms with Gasteiger partial charge in [-0.2, -0.15) is 0 Å². The van der Waals surface area contributed by atoms with Gasteiger partial charge in [0.15, 0.2) is 0 Å². The molecule has 3 aromatic rings. The summed E-state index contributed by atoms with van der Waals surface area (Å²) in [4.78, 5) is 19.5. The average Bonchev–Trinajstić information content (AvgIpc) is 2.87. The number of amides is 1. The Labute approximate surface area is 215 Å². The highest BCUT2D eigenvalue weighted by molar-refractivity contribution is 5.92. The van der Waals surface area contributed by atoms with E-state index >= 15 is 0 Å². The van der Waals surface area contributed by atoms with Crippen LogP contribution >= 0.6 is 0 Å². The van der Waals surface area contributed by atoms with E-state index in [4.69, 9.17) is 0 Å². The van der Waals surface area contributed by atoms with Crippen molar-refractivity contribution >= 4 is 17.7 Å². The van der Waals surface area contributed by atoms with E-state index in [-0.39, 0.29) is 11.8 Å². The van der Waals surface area contributed by atoms with E-state index in [0.717, 1.165) is 42.9 Å². The summed E-state index contributed by atoms with van der Waals surface area (Å²) in [5, 5.41) is 3.06. The number of hydrogen-bond donors (Lipinski definition) is 1. The van der Waals surface area contributed by atoms with Crippen LogP contribution < -0.4 is 5.32 Å². The first-order valence-corrected chi connectivity index (χ1v) is 12.9. The Hall–Kier alpha value is -3.50. The van der Waals surface area contributed by atoms with Crippen LogP contribution in [0.5, 0.6) is 0 Å². The molecule has 0 saturated carbocycles. The van der Waals surface area contributed by atoms with Crippen molar-refractivity contribution < 1.29 is 4.79 Å². The molecule has 1 atom stereocenters. The number of carbonyl (C=O) groups is 1. The number of nitrogens with one attached hydrogen (secondary N) is 1. The lowest BCUT2D eigenvalue weighted by atomic mass is 9.84. The third kappa shape index (κ3) is 6.38. The topological polar surface area (TPSA) is 45.2 Å². The number of likely N-dealkylation sites (N-methyl/N-ethyl adjacent to an activating group) is 1. The Morgan fingerprint density at radius 2 is 1.89 bits per heavy atom. The molecule has 1 unspecified atom stereocenters. The minimum atomic E-state index is 0.00141. The lowest BCUT2D eigenvalue weighted by Crippen LogP contribution is -2.23. The van der Waals surface area contributed by atoms with E-state index in [9.17, 15) is 4.79 Å². The molecule has 36 heavy (non-hydrogen) atoms. The summed E-state index contributed by atoms with van der Waals surface area (Å²) in [6.07, 6.45) is 11.1. The lowest BCUT2D eigenvalue weighted by molar-refractivity contribution is -0.115. The number of rotatable bonds is 8. The summed E-state index contributed by atoms with van der Waals surface area (Å²) in [5.74, 6) is 0.276. The zero-order valence-electron chi connectivity index (χ0n) is 21.9. The second-order valence-electron chi connectivity index (χ2n) is 9.78. The standard InChI is InChI=1S/C32H37N3O/c1-5-28(30-15-18-33-31(24(30)3)14-11-25-16-19-35(4)20-17-25)29-13-12-27(21-23(29)2)34-32(36)22-26-9-7-6-8-10-26/h6-16,18,21,28H,5,17,19-20,22H2,1-4H3,(H,34,36)/b14-11+.